The molecule has 6 rings (SSSR count). The number of likely N-dealkylation sites (tertiary alicyclic amines) is 1. The molecule has 0 saturated carbocycles. The van der Waals surface area contributed by atoms with Crippen LogP contribution in [0.15, 0.2) is 79.5 Å². The van der Waals surface area contributed by atoms with E-state index < -0.39 is 0 Å². The molecule has 1 saturated heterocycles. The standard InChI is InChI=1S/C28H28N8O2/c29-27-25-26(19-8-11-23(12-9-19)38-22-6-2-1-3-7-22)34-36(28(25)33-18-32-27)21-5-4-14-35(16-21)24(37)13-10-20-15-30-17-31-20/h1-3,6-13,15,17-18,21,26,34H,4-5,14,16H2,(H,30,31)(H2,29,32,33)/b13-10+. The summed E-state index contributed by atoms with van der Waals surface area (Å²) in [6.45, 7) is 1.28. The lowest BCUT2D eigenvalue weighted by Crippen LogP contribution is -2.53. The molecular weight excluding hydrogens is 480 g/mol. The van der Waals surface area contributed by atoms with E-state index in [1.165, 1.54) is 6.33 Å². The summed E-state index contributed by atoms with van der Waals surface area (Å²) in [7, 11) is 0. The van der Waals surface area contributed by atoms with E-state index in [9.17, 15) is 4.79 Å². The molecule has 0 aliphatic carbocycles. The highest BCUT2D eigenvalue weighted by Gasteiger charge is 2.38. The first-order chi connectivity index (χ1) is 18.7. The van der Waals surface area contributed by atoms with Crippen LogP contribution in [0.2, 0.25) is 0 Å². The number of rotatable bonds is 6. The minimum absolute atomic E-state index is 0.0310. The van der Waals surface area contributed by atoms with Crippen molar-refractivity contribution in [3.63, 3.8) is 0 Å². The van der Waals surface area contributed by atoms with Gasteiger partial charge in [-0.3, -0.25) is 9.80 Å². The second-order valence-electron chi connectivity index (χ2n) is 9.33. The van der Waals surface area contributed by atoms with E-state index in [0.29, 0.717) is 18.9 Å². The average Bonchev–Trinajstić information content (AvgIpc) is 3.62. The van der Waals surface area contributed by atoms with Crippen molar-refractivity contribution in [1.82, 2.24) is 30.3 Å². The molecule has 1 fully saturated rings. The number of benzene rings is 2. The van der Waals surface area contributed by atoms with Gasteiger partial charge in [0.1, 0.15) is 23.6 Å². The van der Waals surface area contributed by atoms with Gasteiger partial charge in [0.2, 0.25) is 5.91 Å². The van der Waals surface area contributed by atoms with Crippen molar-refractivity contribution in [2.75, 3.05) is 23.8 Å². The SMILES string of the molecule is Nc1ncnc2c1C(c1ccc(Oc3ccccc3)cc1)NN2C1CCCN(C(=O)/C=C/c2cnc[nH]2)C1. The van der Waals surface area contributed by atoms with Crippen LogP contribution in [-0.2, 0) is 4.79 Å². The van der Waals surface area contributed by atoms with E-state index in [-0.39, 0.29) is 18.0 Å². The Morgan fingerprint density at radius 3 is 2.68 bits per heavy atom. The van der Waals surface area contributed by atoms with Crippen LogP contribution in [-0.4, -0.2) is 49.9 Å². The van der Waals surface area contributed by atoms with E-state index in [1.807, 2.05) is 59.5 Å². The summed E-state index contributed by atoms with van der Waals surface area (Å²) in [5, 5.41) is 2.06. The highest BCUT2D eigenvalue weighted by atomic mass is 16.5. The molecule has 2 aromatic heterocycles. The first-order valence-corrected chi connectivity index (χ1v) is 12.6. The van der Waals surface area contributed by atoms with Gasteiger partial charge in [-0.1, -0.05) is 30.3 Å². The molecule has 4 heterocycles. The molecule has 2 aliphatic heterocycles. The zero-order chi connectivity index (χ0) is 25.9. The fourth-order valence-electron chi connectivity index (χ4n) is 5.00. The summed E-state index contributed by atoms with van der Waals surface area (Å²) in [4.78, 5) is 30.6. The number of ether oxygens (including phenoxy) is 1. The summed E-state index contributed by atoms with van der Waals surface area (Å²) in [5.41, 5.74) is 12.6. The largest absolute Gasteiger partial charge is 0.457 e. The van der Waals surface area contributed by atoms with Crippen LogP contribution in [0.1, 0.15) is 35.7 Å². The fourth-order valence-corrected chi connectivity index (χ4v) is 5.00. The quantitative estimate of drug-likeness (QED) is 0.337. The third-order valence-electron chi connectivity index (χ3n) is 6.87. The van der Waals surface area contributed by atoms with Crippen LogP contribution in [0.25, 0.3) is 6.08 Å². The number of piperidine rings is 1. The predicted molar refractivity (Wildman–Crippen MR) is 144 cm³/mol. The molecule has 1 amide bonds. The summed E-state index contributed by atoms with van der Waals surface area (Å²) < 4.78 is 5.95. The van der Waals surface area contributed by atoms with Gasteiger partial charge >= 0.3 is 0 Å². The normalized spacial score (nSPS) is 19.1. The summed E-state index contributed by atoms with van der Waals surface area (Å²) in [5.74, 6) is 2.68. The van der Waals surface area contributed by atoms with E-state index in [1.54, 1.807) is 24.7 Å². The number of nitrogen functional groups attached to an aromatic ring is 1. The molecule has 38 heavy (non-hydrogen) atoms. The van der Waals surface area contributed by atoms with Gasteiger partial charge in [-0.15, -0.1) is 0 Å². The third-order valence-corrected chi connectivity index (χ3v) is 6.87. The lowest BCUT2D eigenvalue weighted by atomic mass is 10.0. The molecule has 10 nitrogen and oxygen atoms in total. The number of hydrogen-bond acceptors (Lipinski definition) is 8. The maximum atomic E-state index is 12.9. The number of carbonyl (C=O) groups excluding carboxylic acids is 1. The monoisotopic (exact) mass is 508 g/mol. The Bertz CT molecular complexity index is 1420. The lowest BCUT2D eigenvalue weighted by Gasteiger charge is -2.38. The van der Waals surface area contributed by atoms with Gasteiger partial charge in [0, 0.05) is 19.2 Å². The van der Waals surface area contributed by atoms with Gasteiger partial charge < -0.3 is 20.4 Å². The average molecular weight is 509 g/mol. The second-order valence-corrected chi connectivity index (χ2v) is 9.33. The molecule has 2 unspecified atom stereocenters. The number of aromatic amines is 1. The van der Waals surface area contributed by atoms with Crippen LogP contribution >= 0.6 is 0 Å². The number of nitrogens with two attached hydrogens (primary N) is 1. The number of hydrazine groups is 1. The molecule has 10 heteroatoms. The second kappa shape index (κ2) is 10.3. The molecule has 4 N–H and O–H groups in total. The third kappa shape index (κ3) is 4.81. The lowest BCUT2D eigenvalue weighted by molar-refractivity contribution is -0.127. The number of nitrogens with one attached hydrogen (secondary N) is 2. The van der Waals surface area contributed by atoms with Crippen LogP contribution in [0, 0.1) is 0 Å². The summed E-state index contributed by atoms with van der Waals surface area (Å²) in [6, 6.07) is 17.4. The van der Waals surface area contributed by atoms with Crippen LogP contribution in [0.3, 0.4) is 0 Å². The van der Waals surface area contributed by atoms with Crippen molar-refractivity contribution in [3.8, 4) is 11.5 Å². The highest BCUT2D eigenvalue weighted by molar-refractivity contribution is 5.91. The van der Waals surface area contributed by atoms with E-state index in [4.69, 9.17) is 10.5 Å². The highest BCUT2D eigenvalue weighted by Crippen LogP contribution is 2.40. The Balaban J connectivity index is 1.20. The number of imidazole rings is 1. The van der Waals surface area contributed by atoms with E-state index in [2.05, 4.69) is 30.4 Å². The van der Waals surface area contributed by atoms with Gasteiger partial charge in [-0.05, 0) is 48.7 Å². The van der Waals surface area contributed by atoms with Gasteiger partial charge in [0.25, 0.3) is 0 Å². The molecule has 2 aromatic carbocycles. The molecule has 2 aliphatic rings. The molecule has 192 valence electrons. The zero-order valence-electron chi connectivity index (χ0n) is 20.7. The van der Waals surface area contributed by atoms with Crippen molar-refractivity contribution < 1.29 is 9.53 Å². The van der Waals surface area contributed by atoms with Gasteiger partial charge in [-0.2, -0.15) is 0 Å². The van der Waals surface area contributed by atoms with Crippen molar-refractivity contribution in [1.29, 1.82) is 0 Å². The number of anilines is 2. The number of para-hydroxylation sites is 1. The Hall–Kier alpha value is -4.70. The number of fused-ring (bicyclic) bond motifs is 1. The minimum atomic E-state index is -0.219. The first kappa shape index (κ1) is 23.7. The Kier molecular flexibility index (Phi) is 6.45. The number of aromatic nitrogens is 4. The van der Waals surface area contributed by atoms with Crippen LogP contribution < -0.4 is 20.9 Å². The Morgan fingerprint density at radius 2 is 1.89 bits per heavy atom. The van der Waals surface area contributed by atoms with Crippen molar-refractivity contribution in [3.05, 3.63) is 96.3 Å². The van der Waals surface area contributed by atoms with Crippen molar-refractivity contribution >= 4 is 23.6 Å². The van der Waals surface area contributed by atoms with E-state index >= 15 is 0 Å². The van der Waals surface area contributed by atoms with Gasteiger partial charge in [-0.25, -0.2) is 20.4 Å². The molecule has 4 aromatic rings. The molecule has 0 radical (unpaired) electrons. The maximum absolute atomic E-state index is 12.9. The number of hydrogen-bond donors (Lipinski definition) is 3. The molecule has 0 bridgehead atoms. The van der Waals surface area contributed by atoms with Gasteiger partial charge in [0.15, 0.2) is 5.82 Å². The number of carbonyl (C=O) groups is 1. The minimum Gasteiger partial charge on any atom is -0.457 e. The van der Waals surface area contributed by atoms with Crippen molar-refractivity contribution in [2.45, 2.75) is 24.9 Å². The Morgan fingerprint density at radius 1 is 1.08 bits per heavy atom. The first-order valence-electron chi connectivity index (χ1n) is 12.6. The summed E-state index contributed by atoms with van der Waals surface area (Å²) in [6.07, 6.45) is 9.89. The Labute approximate surface area is 220 Å². The van der Waals surface area contributed by atoms with E-state index in [0.717, 1.165) is 47.0 Å². The molecule has 2 atom stereocenters. The summed E-state index contributed by atoms with van der Waals surface area (Å²) >= 11 is 0. The predicted octanol–water partition coefficient (Wildman–Crippen LogP) is 3.69. The topological polar surface area (TPSA) is 125 Å². The smallest absolute Gasteiger partial charge is 0.246 e. The fraction of sp³-hybridized carbons (Fsp3) is 0.214. The number of nitrogens with zero attached hydrogens (tertiary/aromatic N) is 5. The number of amides is 1. The van der Waals surface area contributed by atoms with Crippen molar-refractivity contribution in [2.24, 2.45) is 0 Å². The molecule has 0 spiro atoms. The number of H-pyrrole nitrogens is 1. The maximum Gasteiger partial charge on any atom is 0.246 e. The van der Waals surface area contributed by atoms with Gasteiger partial charge in [0.05, 0.1) is 35.9 Å². The van der Waals surface area contributed by atoms with Crippen LogP contribution in [0.4, 0.5) is 11.6 Å². The zero-order valence-corrected chi connectivity index (χ0v) is 20.7. The van der Waals surface area contributed by atoms with Crippen LogP contribution in [0.5, 0.6) is 11.5 Å². The molecular formula is C28H28N8O2.